The Labute approximate surface area is 118 Å². The van der Waals surface area contributed by atoms with E-state index in [0.29, 0.717) is 11.0 Å². The summed E-state index contributed by atoms with van der Waals surface area (Å²) < 4.78 is 0. The maximum atomic E-state index is 9.18. The monoisotopic (exact) mass is 279 g/mol. The molecule has 5 nitrogen and oxygen atoms in total. The van der Waals surface area contributed by atoms with Gasteiger partial charge in [0.05, 0.1) is 29.5 Å². The molecule has 1 aromatic heterocycles. The van der Waals surface area contributed by atoms with Crippen molar-refractivity contribution in [1.82, 2.24) is 14.9 Å². The molecule has 0 bridgehead atoms. The van der Waals surface area contributed by atoms with Gasteiger partial charge in [0.15, 0.2) is 0 Å². The van der Waals surface area contributed by atoms with E-state index in [4.69, 9.17) is 11.6 Å². The van der Waals surface area contributed by atoms with E-state index in [9.17, 15) is 5.26 Å². The first-order chi connectivity index (χ1) is 9.24. The number of nitrogens with zero attached hydrogens (tertiary/aromatic N) is 5. The van der Waals surface area contributed by atoms with Crippen molar-refractivity contribution in [1.29, 1.82) is 5.26 Å². The van der Waals surface area contributed by atoms with Crippen LogP contribution in [-0.2, 0) is 0 Å². The molecule has 1 aromatic rings. The molecule has 19 heavy (non-hydrogen) atoms. The second kappa shape index (κ2) is 6.69. The predicted octanol–water partition coefficient (Wildman–Crippen LogP) is 1.94. The van der Waals surface area contributed by atoms with E-state index in [1.165, 1.54) is 0 Å². The van der Waals surface area contributed by atoms with Crippen LogP contribution in [0.4, 0.5) is 5.95 Å². The van der Waals surface area contributed by atoms with Gasteiger partial charge in [0, 0.05) is 26.2 Å². The lowest BCUT2D eigenvalue weighted by molar-refractivity contribution is 0.210. The highest BCUT2D eigenvalue weighted by Crippen LogP contribution is 2.15. The molecule has 6 heteroatoms. The molecule has 0 saturated carbocycles. The molecule has 1 atom stereocenters. The van der Waals surface area contributed by atoms with Crippen molar-refractivity contribution in [3.8, 4) is 6.07 Å². The molecule has 0 spiro atoms. The van der Waals surface area contributed by atoms with Crippen LogP contribution in [0.5, 0.6) is 0 Å². The standard InChI is InChI=1S/C13H18ClN5/c1-2-3-12(8-15)18-4-6-19(7-5-18)13-16-9-11(14)10-17-13/h9-10,12H,2-7H2,1H3. The third kappa shape index (κ3) is 3.55. The first kappa shape index (κ1) is 14.0. The third-order valence-electron chi connectivity index (χ3n) is 3.36. The summed E-state index contributed by atoms with van der Waals surface area (Å²) >= 11 is 5.78. The van der Waals surface area contributed by atoms with Crippen molar-refractivity contribution in [2.45, 2.75) is 25.8 Å². The predicted molar refractivity (Wildman–Crippen MR) is 75.1 cm³/mol. The molecule has 1 aliphatic heterocycles. The Balaban J connectivity index is 1.92. The lowest BCUT2D eigenvalue weighted by Gasteiger charge is -2.36. The Morgan fingerprint density at radius 1 is 1.32 bits per heavy atom. The molecule has 2 rings (SSSR count). The normalized spacial score (nSPS) is 18.1. The molecule has 0 aliphatic carbocycles. The molecule has 0 aromatic carbocycles. The maximum Gasteiger partial charge on any atom is 0.225 e. The van der Waals surface area contributed by atoms with Crippen LogP contribution in [-0.4, -0.2) is 47.1 Å². The Morgan fingerprint density at radius 3 is 2.47 bits per heavy atom. The average Bonchev–Trinajstić information content (AvgIpc) is 2.46. The van der Waals surface area contributed by atoms with Crippen molar-refractivity contribution in [2.75, 3.05) is 31.1 Å². The summed E-state index contributed by atoms with van der Waals surface area (Å²) in [6, 6.07) is 2.43. The average molecular weight is 280 g/mol. The van der Waals surface area contributed by atoms with E-state index in [2.05, 4.69) is 32.8 Å². The van der Waals surface area contributed by atoms with Gasteiger partial charge < -0.3 is 4.90 Å². The zero-order valence-electron chi connectivity index (χ0n) is 11.1. The second-order valence-corrected chi connectivity index (χ2v) is 5.09. The summed E-state index contributed by atoms with van der Waals surface area (Å²) in [5.41, 5.74) is 0. The molecule has 1 saturated heterocycles. The number of aromatic nitrogens is 2. The van der Waals surface area contributed by atoms with Gasteiger partial charge in [0.1, 0.15) is 0 Å². The summed E-state index contributed by atoms with van der Waals surface area (Å²) in [7, 11) is 0. The number of piperazine rings is 1. The van der Waals surface area contributed by atoms with Gasteiger partial charge in [-0.2, -0.15) is 5.26 Å². The fraction of sp³-hybridized carbons (Fsp3) is 0.615. The van der Waals surface area contributed by atoms with E-state index >= 15 is 0 Å². The minimum absolute atomic E-state index is 0.0401. The Hall–Kier alpha value is -1.38. The molecule has 0 amide bonds. The van der Waals surface area contributed by atoms with Gasteiger partial charge in [-0.25, -0.2) is 9.97 Å². The summed E-state index contributed by atoms with van der Waals surface area (Å²) in [6.07, 6.45) is 5.21. The fourth-order valence-corrected chi connectivity index (χ4v) is 2.40. The van der Waals surface area contributed by atoms with Gasteiger partial charge in [0.25, 0.3) is 0 Å². The smallest absolute Gasteiger partial charge is 0.225 e. The molecular weight excluding hydrogens is 262 g/mol. The van der Waals surface area contributed by atoms with Gasteiger partial charge in [-0.3, -0.25) is 4.90 Å². The van der Waals surface area contributed by atoms with Crippen LogP contribution in [0.2, 0.25) is 5.02 Å². The highest BCUT2D eigenvalue weighted by Gasteiger charge is 2.24. The fourth-order valence-electron chi connectivity index (χ4n) is 2.30. The van der Waals surface area contributed by atoms with Gasteiger partial charge in [-0.1, -0.05) is 24.9 Å². The lowest BCUT2D eigenvalue weighted by atomic mass is 10.1. The highest BCUT2D eigenvalue weighted by atomic mass is 35.5. The number of anilines is 1. The largest absolute Gasteiger partial charge is 0.338 e. The van der Waals surface area contributed by atoms with Crippen molar-refractivity contribution in [3.63, 3.8) is 0 Å². The van der Waals surface area contributed by atoms with E-state index < -0.39 is 0 Å². The molecule has 0 N–H and O–H groups in total. The van der Waals surface area contributed by atoms with Crippen molar-refractivity contribution in [2.24, 2.45) is 0 Å². The summed E-state index contributed by atoms with van der Waals surface area (Å²) in [6.45, 7) is 5.57. The number of hydrogen-bond acceptors (Lipinski definition) is 5. The van der Waals surface area contributed by atoms with Crippen molar-refractivity contribution in [3.05, 3.63) is 17.4 Å². The first-order valence-corrected chi connectivity index (χ1v) is 6.98. The van der Waals surface area contributed by atoms with Crippen LogP contribution in [0.1, 0.15) is 19.8 Å². The summed E-state index contributed by atoms with van der Waals surface area (Å²) in [4.78, 5) is 12.8. The van der Waals surface area contributed by atoms with Gasteiger partial charge >= 0.3 is 0 Å². The molecule has 0 radical (unpaired) electrons. The van der Waals surface area contributed by atoms with Crippen LogP contribution in [0.15, 0.2) is 12.4 Å². The van der Waals surface area contributed by atoms with Crippen LogP contribution in [0.25, 0.3) is 0 Å². The minimum atomic E-state index is 0.0401. The van der Waals surface area contributed by atoms with Crippen LogP contribution in [0, 0.1) is 11.3 Å². The van der Waals surface area contributed by atoms with Gasteiger partial charge in [0.2, 0.25) is 5.95 Å². The van der Waals surface area contributed by atoms with E-state index in [1.54, 1.807) is 12.4 Å². The van der Waals surface area contributed by atoms with Crippen LogP contribution < -0.4 is 4.90 Å². The van der Waals surface area contributed by atoms with E-state index in [0.717, 1.165) is 39.0 Å². The molecule has 1 unspecified atom stereocenters. The van der Waals surface area contributed by atoms with E-state index in [-0.39, 0.29) is 6.04 Å². The van der Waals surface area contributed by atoms with Crippen LogP contribution in [0.3, 0.4) is 0 Å². The quantitative estimate of drug-likeness (QED) is 0.843. The summed E-state index contributed by atoms with van der Waals surface area (Å²) in [5, 5.41) is 9.73. The van der Waals surface area contributed by atoms with Crippen molar-refractivity contribution < 1.29 is 0 Å². The zero-order valence-corrected chi connectivity index (χ0v) is 11.8. The molecule has 1 aliphatic rings. The molecule has 2 heterocycles. The zero-order chi connectivity index (χ0) is 13.7. The lowest BCUT2D eigenvalue weighted by Crippen LogP contribution is -2.50. The summed E-state index contributed by atoms with van der Waals surface area (Å²) in [5.74, 6) is 0.716. The number of nitriles is 1. The maximum absolute atomic E-state index is 9.18. The highest BCUT2D eigenvalue weighted by molar-refractivity contribution is 6.30. The number of rotatable bonds is 4. The van der Waals surface area contributed by atoms with Crippen LogP contribution >= 0.6 is 11.6 Å². The van der Waals surface area contributed by atoms with Crippen molar-refractivity contribution >= 4 is 17.5 Å². The Bertz CT molecular complexity index is 433. The molecule has 1 fully saturated rings. The SMILES string of the molecule is CCCC(C#N)N1CCN(c2ncc(Cl)cn2)CC1. The molecular formula is C13H18ClN5. The van der Waals surface area contributed by atoms with Gasteiger partial charge in [-0.15, -0.1) is 0 Å². The van der Waals surface area contributed by atoms with E-state index in [1.807, 2.05) is 0 Å². The number of hydrogen-bond donors (Lipinski definition) is 0. The second-order valence-electron chi connectivity index (χ2n) is 4.66. The minimum Gasteiger partial charge on any atom is -0.338 e. The number of halogens is 1. The Morgan fingerprint density at radius 2 is 1.95 bits per heavy atom. The third-order valence-corrected chi connectivity index (χ3v) is 3.55. The Kier molecular flexibility index (Phi) is 4.94. The topological polar surface area (TPSA) is 56.1 Å². The van der Waals surface area contributed by atoms with Gasteiger partial charge in [-0.05, 0) is 6.42 Å². The molecule has 102 valence electrons. The first-order valence-electron chi connectivity index (χ1n) is 6.60.